The molecule has 1 aliphatic carbocycles. The number of rotatable bonds is 1. The Morgan fingerprint density at radius 2 is 2.55 bits per heavy atom. The van der Waals surface area contributed by atoms with E-state index < -0.39 is 12.5 Å². The molecule has 11 heavy (non-hydrogen) atoms. The summed E-state index contributed by atoms with van der Waals surface area (Å²) in [4.78, 5) is 0. The summed E-state index contributed by atoms with van der Waals surface area (Å²) in [5, 5.41) is 9.97. The molecular formula is C10H18O. The minimum atomic E-state index is -2.28. The Hall–Kier alpha value is -0.300. The molecule has 0 radical (unpaired) electrons. The van der Waals surface area contributed by atoms with Gasteiger partial charge in [-0.1, -0.05) is 11.6 Å². The van der Waals surface area contributed by atoms with E-state index in [1.54, 1.807) is 0 Å². The largest absolute Gasteiger partial charge is 0.390 e. The van der Waals surface area contributed by atoms with E-state index in [-0.39, 0.29) is 5.92 Å². The van der Waals surface area contributed by atoms with Gasteiger partial charge in [0.05, 0.1) is 5.60 Å². The van der Waals surface area contributed by atoms with Crippen LogP contribution in [0.3, 0.4) is 0 Å². The summed E-state index contributed by atoms with van der Waals surface area (Å²) in [6, 6.07) is 0. The minimum absolute atomic E-state index is 0.140. The molecule has 1 rings (SSSR count). The first kappa shape index (κ1) is 5.36. The van der Waals surface area contributed by atoms with Crippen LogP contribution in [0.15, 0.2) is 11.6 Å². The zero-order valence-corrected chi connectivity index (χ0v) is 7.22. The van der Waals surface area contributed by atoms with Gasteiger partial charge in [0.2, 0.25) is 0 Å². The van der Waals surface area contributed by atoms with E-state index in [1.165, 1.54) is 12.5 Å². The van der Waals surface area contributed by atoms with Crippen molar-refractivity contribution in [2.24, 2.45) is 5.92 Å². The lowest BCUT2D eigenvalue weighted by Gasteiger charge is -2.31. The summed E-state index contributed by atoms with van der Waals surface area (Å²) < 4.78 is 21.9. The summed E-state index contributed by atoms with van der Waals surface area (Å²) in [5.41, 5.74) is -0.257. The Morgan fingerprint density at radius 1 is 1.82 bits per heavy atom. The van der Waals surface area contributed by atoms with Crippen LogP contribution in [0.1, 0.15) is 44.1 Å². The summed E-state index contributed by atoms with van der Waals surface area (Å²) in [7, 11) is 0. The lowest BCUT2D eigenvalue weighted by atomic mass is 9.80. The zero-order chi connectivity index (χ0) is 11.0. The highest BCUT2D eigenvalue weighted by Crippen LogP contribution is 2.31. The average molecular weight is 157 g/mol. The monoisotopic (exact) mass is 157 g/mol. The second-order valence-electron chi connectivity index (χ2n) is 3.67. The zero-order valence-electron chi connectivity index (χ0n) is 10.2. The maximum atomic E-state index is 9.97. The van der Waals surface area contributed by atoms with Crippen LogP contribution < -0.4 is 0 Å². The van der Waals surface area contributed by atoms with E-state index in [9.17, 15) is 5.11 Å². The van der Waals surface area contributed by atoms with Crippen molar-refractivity contribution in [1.29, 1.82) is 0 Å². The molecule has 0 spiro atoms. The predicted octanol–water partition coefficient (Wildman–Crippen LogP) is 2.50. The van der Waals surface area contributed by atoms with Crippen molar-refractivity contribution < 1.29 is 9.22 Å². The normalized spacial score (nSPS) is 36.1. The third-order valence-electron chi connectivity index (χ3n) is 2.43. The Bertz CT molecular complexity index is 240. The second-order valence-corrected chi connectivity index (χ2v) is 3.67. The molecule has 0 bridgehead atoms. The van der Waals surface area contributed by atoms with Crippen LogP contribution in [0.2, 0.25) is 0 Å². The molecule has 1 nitrogen and oxygen atoms in total. The summed E-state index contributed by atoms with van der Waals surface area (Å²) >= 11 is 0. The molecule has 0 heterocycles. The molecular weight excluding hydrogens is 136 g/mol. The lowest BCUT2D eigenvalue weighted by Crippen LogP contribution is -2.31. The van der Waals surface area contributed by atoms with E-state index in [0.717, 1.165) is 12.8 Å². The van der Waals surface area contributed by atoms with E-state index in [1.807, 2.05) is 13.0 Å². The van der Waals surface area contributed by atoms with Gasteiger partial charge in [-0.05, 0) is 45.9 Å². The topological polar surface area (TPSA) is 20.2 Å². The van der Waals surface area contributed by atoms with Gasteiger partial charge in [-0.25, -0.2) is 0 Å². The Morgan fingerprint density at radius 3 is 3.00 bits per heavy atom. The van der Waals surface area contributed by atoms with E-state index in [0.29, 0.717) is 6.42 Å². The SMILES string of the molecule is [2H]C([2H])([2H])C(C)(O)[C@@H]1CC=C(C)CC1. The van der Waals surface area contributed by atoms with Gasteiger partial charge in [0.1, 0.15) is 0 Å². The standard InChI is InChI=1S/C10H18O/c1-8-4-6-9(7-5-8)10(2,3)11/h4,9,11H,5-7H2,1-3H3/t9-/m1/s1/i2D3/t9-,10?. The maximum Gasteiger partial charge on any atom is 0.0622 e. The van der Waals surface area contributed by atoms with Gasteiger partial charge in [0.15, 0.2) is 0 Å². The van der Waals surface area contributed by atoms with Crippen LogP contribution >= 0.6 is 0 Å². The molecule has 0 aromatic carbocycles. The van der Waals surface area contributed by atoms with Crippen molar-refractivity contribution >= 4 is 0 Å². The highest BCUT2D eigenvalue weighted by Gasteiger charge is 2.27. The van der Waals surface area contributed by atoms with Crippen LogP contribution in [0.5, 0.6) is 0 Å². The van der Waals surface area contributed by atoms with Gasteiger partial charge in [-0.3, -0.25) is 0 Å². The first-order valence-corrected chi connectivity index (χ1v) is 4.13. The van der Waals surface area contributed by atoms with Gasteiger partial charge in [0.25, 0.3) is 0 Å². The molecule has 0 saturated carbocycles. The second kappa shape index (κ2) is 2.98. The van der Waals surface area contributed by atoms with Crippen molar-refractivity contribution in [1.82, 2.24) is 0 Å². The van der Waals surface area contributed by atoms with Crippen molar-refractivity contribution in [3.05, 3.63) is 11.6 Å². The molecule has 0 aromatic rings. The molecule has 64 valence electrons. The average Bonchev–Trinajstić information content (AvgIpc) is 2.03. The van der Waals surface area contributed by atoms with Crippen LogP contribution in [0, 0.1) is 5.92 Å². The minimum Gasteiger partial charge on any atom is -0.390 e. The first-order valence-electron chi connectivity index (χ1n) is 5.63. The molecule has 0 aromatic heterocycles. The molecule has 1 heteroatoms. The van der Waals surface area contributed by atoms with Gasteiger partial charge >= 0.3 is 0 Å². The first-order chi connectivity index (χ1) is 6.25. The fraction of sp³-hybridized carbons (Fsp3) is 0.800. The third-order valence-corrected chi connectivity index (χ3v) is 2.43. The van der Waals surface area contributed by atoms with Gasteiger partial charge in [-0.2, -0.15) is 0 Å². The van der Waals surface area contributed by atoms with Crippen molar-refractivity contribution in [3.63, 3.8) is 0 Å². The van der Waals surface area contributed by atoms with E-state index in [2.05, 4.69) is 0 Å². The molecule has 0 fully saturated rings. The molecule has 2 atom stereocenters. The molecule has 1 unspecified atom stereocenters. The Labute approximate surface area is 73.3 Å². The van der Waals surface area contributed by atoms with Crippen LogP contribution in [0.4, 0.5) is 0 Å². The number of allylic oxidation sites excluding steroid dienone is 2. The highest BCUT2D eigenvalue weighted by atomic mass is 16.3. The van der Waals surface area contributed by atoms with Crippen molar-refractivity contribution in [2.45, 2.75) is 45.6 Å². The molecule has 1 aliphatic rings. The van der Waals surface area contributed by atoms with Crippen molar-refractivity contribution in [3.8, 4) is 0 Å². The van der Waals surface area contributed by atoms with E-state index >= 15 is 0 Å². The molecule has 0 aliphatic heterocycles. The fourth-order valence-electron chi connectivity index (χ4n) is 1.48. The third kappa shape index (κ3) is 2.33. The number of aliphatic hydroxyl groups is 1. The Balaban J connectivity index is 2.75. The van der Waals surface area contributed by atoms with Crippen molar-refractivity contribution in [2.75, 3.05) is 0 Å². The number of hydrogen-bond donors (Lipinski definition) is 1. The summed E-state index contributed by atoms with van der Waals surface area (Å²) in [5.74, 6) is -0.140. The lowest BCUT2D eigenvalue weighted by molar-refractivity contribution is 0.0126. The van der Waals surface area contributed by atoms with Crippen LogP contribution in [-0.2, 0) is 0 Å². The highest BCUT2D eigenvalue weighted by molar-refractivity contribution is 5.04. The summed E-state index contributed by atoms with van der Waals surface area (Å²) in [6.45, 7) is 1.19. The van der Waals surface area contributed by atoms with Gasteiger partial charge in [0, 0.05) is 4.11 Å². The van der Waals surface area contributed by atoms with Gasteiger partial charge < -0.3 is 5.11 Å². The Kier molecular flexibility index (Phi) is 1.45. The summed E-state index contributed by atoms with van der Waals surface area (Å²) in [6.07, 6.45) is 4.39. The predicted molar refractivity (Wildman–Crippen MR) is 47.4 cm³/mol. The maximum absolute atomic E-state index is 9.97. The smallest absolute Gasteiger partial charge is 0.0622 e. The molecule has 0 saturated heterocycles. The fourth-order valence-corrected chi connectivity index (χ4v) is 1.48. The number of hydrogen-bond acceptors (Lipinski definition) is 1. The van der Waals surface area contributed by atoms with Gasteiger partial charge in [-0.15, -0.1) is 0 Å². The molecule has 1 N–H and O–H groups in total. The van der Waals surface area contributed by atoms with E-state index in [4.69, 9.17) is 4.11 Å². The van der Waals surface area contributed by atoms with Crippen LogP contribution in [-0.4, -0.2) is 10.7 Å². The quantitative estimate of drug-likeness (QED) is 0.580. The molecule has 0 amide bonds. The van der Waals surface area contributed by atoms with Crippen LogP contribution in [0.25, 0.3) is 0 Å².